The molecule has 0 unspecified atom stereocenters. The predicted molar refractivity (Wildman–Crippen MR) is 53.5 cm³/mol. The van der Waals surface area contributed by atoms with Crippen molar-refractivity contribution in [3.63, 3.8) is 0 Å². The summed E-state index contributed by atoms with van der Waals surface area (Å²) in [6, 6.07) is 3.76. The molecule has 0 saturated carbocycles. The van der Waals surface area contributed by atoms with Gasteiger partial charge >= 0.3 is 6.03 Å². The van der Waals surface area contributed by atoms with Crippen LogP contribution in [0.1, 0.15) is 0 Å². The molecule has 16 heavy (non-hydrogen) atoms. The summed E-state index contributed by atoms with van der Waals surface area (Å²) in [6.45, 7) is 0. The molecule has 0 spiro atoms. The molecule has 2 amide bonds. The third-order valence-corrected chi connectivity index (χ3v) is 1.25. The van der Waals surface area contributed by atoms with Crippen LogP contribution in [0.2, 0.25) is 0 Å². The number of amides is 2. The zero-order valence-corrected chi connectivity index (χ0v) is 7.90. The third-order valence-electron chi connectivity index (χ3n) is 1.25. The van der Waals surface area contributed by atoms with E-state index in [4.69, 9.17) is 4.79 Å². The first-order valence-electron chi connectivity index (χ1n) is 3.78. The minimum atomic E-state index is -0.833. The van der Waals surface area contributed by atoms with Gasteiger partial charge < -0.3 is 11.5 Å². The van der Waals surface area contributed by atoms with Gasteiger partial charge in [0.15, 0.2) is 0 Å². The van der Waals surface area contributed by atoms with Crippen LogP contribution in [0.3, 0.4) is 0 Å². The fourth-order valence-electron chi connectivity index (χ4n) is 0.720. The Hall–Kier alpha value is -2.71. The highest BCUT2D eigenvalue weighted by Gasteiger charge is 2.11. The average Bonchev–Trinajstić information content (AvgIpc) is 2.17. The van der Waals surface area contributed by atoms with Gasteiger partial charge in [0.2, 0.25) is 0 Å². The van der Waals surface area contributed by atoms with Crippen LogP contribution >= 0.6 is 0 Å². The van der Waals surface area contributed by atoms with Crippen LogP contribution in [-0.2, 0) is 0 Å². The Labute approximate surface area is 88.9 Å². The van der Waals surface area contributed by atoms with Crippen LogP contribution in [0.4, 0.5) is 16.2 Å². The molecule has 86 valence electrons. The minimum absolute atomic E-state index is 0.274. The van der Waals surface area contributed by atoms with Crippen LogP contribution in [0.15, 0.2) is 24.3 Å². The van der Waals surface area contributed by atoms with E-state index in [1.807, 2.05) is 0 Å². The molecular weight excluding hydrogens is 220 g/mol. The molecule has 0 aliphatic heterocycles. The highest BCUT2D eigenvalue weighted by atomic mass is 16.6. The van der Waals surface area contributed by atoms with E-state index in [9.17, 15) is 20.2 Å². The Morgan fingerprint density at radius 2 is 1.38 bits per heavy atom. The summed E-state index contributed by atoms with van der Waals surface area (Å²) < 4.78 is 0. The Morgan fingerprint density at radius 1 is 1.06 bits per heavy atom. The molecule has 4 N–H and O–H groups in total. The number of benzene rings is 1. The van der Waals surface area contributed by atoms with Gasteiger partial charge in [-0.15, -0.1) is 0 Å². The normalized spacial score (nSPS) is 8.50. The molecule has 1 aromatic carbocycles. The fourth-order valence-corrected chi connectivity index (χ4v) is 0.720. The van der Waals surface area contributed by atoms with E-state index in [0.29, 0.717) is 0 Å². The lowest BCUT2D eigenvalue weighted by atomic mass is 10.3. The Morgan fingerprint density at radius 3 is 1.62 bits per heavy atom. The number of rotatable bonds is 2. The van der Waals surface area contributed by atoms with Crippen molar-refractivity contribution in [2.24, 2.45) is 11.5 Å². The lowest BCUT2D eigenvalue weighted by Gasteiger charge is -1.90. The lowest BCUT2D eigenvalue weighted by Crippen LogP contribution is -2.18. The molecule has 1 rings (SSSR count). The van der Waals surface area contributed by atoms with Crippen molar-refractivity contribution in [2.75, 3.05) is 0 Å². The van der Waals surface area contributed by atoms with Crippen LogP contribution in [0.5, 0.6) is 0 Å². The first kappa shape index (κ1) is 13.3. The van der Waals surface area contributed by atoms with Crippen LogP contribution in [0.25, 0.3) is 0 Å². The van der Waals surface area contributed by atoms with E-state index in [1.165, 1.54) is 18.2 Å². The second-order valence-corrected chi connectivity index (χ2v) is 2.44. The molecule has 0 aliphatic carbocycles. The number of hydrogen-bond donors (Lipinski definition) is 2. The van der Waals surface area contributed by atoms with Gasteiger partial charge in [-0.2, -0.15) is 0 Å². The second kappa shape index (κ2) is 5.90. The summed E-state index contributed by atoms with van der Waals surface area (Å²) in [6.07, 6.45) is 0. The molecule has 0 bridgehead atoms. The van der Waals surface area contributed by atoms with E-state index >= 15 is 0 Å². The molecule has 0 fully saturated rings. The number of primary amides is 2. The highest BCUT2D eigenvalue weighted by Crippen LogP contribution is 2.18. The third kappa shape index (κ3) is 5.11. The molecule has 0 heterocycles. The predicted octanol–water partition coefficient (Wildman–Crippen LogP) is 0.527. The lowest BCUT2D eigenvalue weighted by molar-refractivity contribution is -0.394. The van der Waals surface area contributed by atoms with Crippen molar-refractivity contribution < 1.29 is 14.6 Å². The summed E-state index contributed by atoms with van der Waals surface area (Å²) in [5.74, 6) is 0. The summed E-state index contributed by atoms with van der Waals surface area (Å²) >= 11 is 0. The van der Waals surface area contributed by atoms with Crippen molar-refractivity contribution in [1.82, 2.24) is 0 Å². The zero-order valence-electron chi connectivity index (χ0n) is 7.90. The maximum absolute atomic E-state index is 10.2. The van der Waals surface area contributed by atoms with E-state index in [-0.39, 0.29) is 11.4 Å². The largest absolute Gasteiger partial charge is 0.352 e. The van der Waals surface area contributed by atoms with Crippen molar-refractivity contribution >= 4 is 17.4 Å². The molecule has 0 atom stereocenters. The number of hydrogen-bond acceptors (Lipinski definition) is 5. The first-order valence-corrected chi connectivity index (χ1v) is 3.78. The maximum Gasteiger partial charge on any atom is 0.309 e. The molecule has 9 heteroatoms. The second-order valence-electron chi connectivity index (χ2n) is 2.44. The number of nitro groups is 2. The van der Waals surface area contributed by atoms with E-state index in [1.54, 1.807) is 0 Å². The van der Waals surface area contributed by atoms with Gasteiger partial charge in [0, 0.05) is 12.1 Å². The molecular formula is C7H8N4O5. The smallest absolute Gasteiger partial charge is 0.309 e. The van der Waals surface area contributed by atoms with Gasteiger partial charge in [-0.25, -0.2) is 4.79 Å². The van der Waals surface area contributed by atoms with E-state index in [2.05, 4.69) is 11.5 Å². The van der Waals surface area contributed by atoms with E-state index in [0.717, 1.165) is 6.07 Å². The summed E-state index contributed by atoms with van der Waals surface area (Å²) in [5, 5.41) is 20.3. The van der Waals surface area contributed by atoms with Gasteiger partial charge in [0.25, 0.3) is 11.4 Å². The van der Waals surface area contributed by atoms with Gasteiger partial charge in [0.1, 0.15) is 0 Å². The van der Waals surface area contributed by atoms with Gasteiger partial charge in [0.05, 0.1) is 15.9 Å². The molecule has 9 nitrogen and oxygen atoms in total. The molecule has 0 radical (unpaired) electrons. The van der Waals surface area contributed by atoms with Crippen molar-refractivity contribution in [3.05, 3.63) is 44.5 Å². The number of carbonyl (C=O) groups excluding carboxylic acids is 1. The number of urea groups is 1. The van der Waals surface area contributed by atoms with Crippen molar-refractivity contribution in [3.8, 4) is 0 Å². The SMILES string of the molecule is NC(N)=O.O=[N+]([O-])c1cccc([N+](=O)[O-])c1. The zero-order chi connectivity index (χ0) is 12.7. The summed E-state index contributed by atoms with van der Waals surface area (Å²) in [4.78, 5) is 28.0. The molecule has 0 aliphatic rings. The number of nitrogens with zero attached hydrogens (tertiary/aromatic N) is 2. The molecule has 1 aromatic rings. The van der Waals surface area contributed by atoms with Crippen LogP contribution in [-0.4, -0.2) is 15.9 Å². The van der Waals surface area contributed by atoms with E-state index < -0.39 is 15.9 Å². The summed E-state index contributed by atoms with van der Waals surface area (Å²) in [5.41, 5.74) is 7.95. The molecule has 0 aromatic heterocycles. The monoisotopic (exact) mass is 228 g/mol. The molecule has 0 saturated heterocycles. The highest BCUT2D eigenvalue weighted by molar-refractivity contribution is 5.69. The number of carbonyl (C=O) groups is 1. The quantitative estimate of drug-likeness (QED) is 0.557. The maximum atomic E-state index is 10.2. The van der Waals surface area contributed by atoms with Crippen molar-refractivity contribution in [1.29, 1.82) is 0 Å². The Bertz CT molecular complexity index is 386. The van der Waals surface area contributed by atoms with Gasteiger partial charge in [-0.3, -0.25) is 20.2 Å². The Kier molecular flexibility index (Phi) is 4.90. The van der Waals surface area contributed by atoms with Crippen molar-refractivity contribution in [2.45, 2.75) is 0 Å². The minimum Gasteiger partial charge on any atom is -0.352 e. The number of nitro benzene ring substituents is 2. The van der Waals surface area contributed by atoms with Gasteiger partial charge in [-0.05, 0) is 6.07 Å². The summed E-state index contributed by atoms with van der Waals surface area (Å²) in [7, 11) is 0. The topological polar surface area (TPSA) is 155 Å². The van der Waals surface area contributed by atoms with Gasteiger partial charge in [-0.1, -0.05) is 0 Å². The average molecular weight is 228 g/mol. The Balaban J connectivity index is 0.000000487. The first-order chi connectivity index (χ1) is 7.34. The standard InChI is InChI=1S/C6H4N2O4.CH4N2O/c9-7(10)5-2-1-3-6(4-5)8(11)12;2-1(3)4/h1-4H;(H4,2,3,4). The van der Waals surface area contributed by atoms with Crippen LogP contribution < -0.4 is 11.5 Å². The number of non-ortho nitro benzene ring substituents is 2. The number of nitrogens with two attached hydrogens (primary N) is 2. The fraction of sp³-hybridized carbons (Fsp3) is 0. The van der Waals surface area contributed by atoms with Crippen LogP contribution in [0, 0.1) is 20.2 Å².